The number of esters is 1. The zero-order chi connectivity index (χ0) is 17.0. The van der Waals surface area contributed by atoms with Gasteiger partial charge in [-0.25, -0.2) is 4.79 Å². The van der Waals surface area contributed by atoms with E-state index in [4.69, 9.17) is 27.9 Å². The van der Waals surface area contributed by atoms with Gasteiger partial charge in [0.2, 0.25) is 5.91 Å². The maximum atomic E-state index is 12.4. The van der Waals surface area contributed by atoms with Crippen LogP contribution in [0.15, 0.2) is 29.5 Å². The molecule has 4 nitrogen and oxygen atoms in total. The third-order valence-electron chi connectivity index (χ3n) is 3.55. The SMILES string of the molecule is CSCCOC(=O)C1=C(C)NC(=O)C[C@H]1c1ccc(Cl)cc1Cl. The minimum Gasteiger partial charge on any atom is -0.461 e. The molecule has 0 radical (unpaired) electrons. The largest absolute Gasteiger partial charge is 0.461 e. The van der Waals surface area contributed by atoms with Crippen molar-refractivity contribution in [1.29, 1.82) is 0 Å². The van der Waals surface area contributed by atoms with Crippen LogP contribution in [0, 0.1) is 0 Å². The second-order valence-corrected chi connectivity index (χ2v) is 6.97. The average Bonchev–Trinajstić information content (AvgIpc) is 2.46. The number of benzene rings is 1. The topological polar surface area (TPSA) is 55.4 Å². The molecule has 0 aliphatic carbocycles. The summed E-state index contributed by atoms with van der Waals surface area (Å²) in [6.07, 6.45) is 2.08. The molecule has 1 amide bonds. The highest BCUT2D eigenvalue weighted by atomic mass is 35.5. The molecule has 1 N–H and O–H groups in total. The summed E-state index contributed by atoms with van der Waals surface area (Å²) < 4.78 is 5.30. The van der Waals surface area contributed by atoms with E-state index in [9.17, 15) is 9.59 Å². The van der Waals surface area contributed by atoms with Crippen molar-refractivity contribution in [3.05, 3.63) is 45.1 Å². The van der Waals surface area contributed by atoms with Gasteiger partial charge in [-0.05, 0) is 30.9 Å². The highest BCUT2D eigenvalue weighted by Gasteiger charge is 2.33. The zero-order valence-electron chi connectivity index (χ0n) is 12.8. The van der Waals surface area contributed by atoms with Gasteiger partial charge in [-0.15, -0.1) is 0 Å². The van der Waals surface area contributed by atoms with E-state index in [-0.39, 0.29) is 12.3 Å². The van der Waals surface area contributed by atoms with E-state index in [1.165, 1.54) is 0 Å². The van der Waals surface area contributed by atoms with Gasteiger partial charge in [0, 0.05) is 33.8 Å². The smallest absolute Gasteiger partial charge is 0.336 e. The molecular formula is C16H17Cl2NO3S. The number of thioether (sulfide) groups is 1. The van der Waals surface area contributed by atoms with Gasteiger partial charge in [0.1, 0.15) is 6.61 Å². The van der Waals surface area contributed by atoms with E-state index in [0.29, 0.717) is 33.5 Å². The Hall–Kier alpha value is -1.17. The first-order valence-corrected chi connectivity index (χ1v) is 9.20. The fraction of sp³-hybridized carbons (Fsp3) is 0.375. The summed E-state index contributed by atoms with van der Waals surface area (Å²) in [5.41, 5.74) is 1.64. The van der Waals surface area contributed by atoms with Crippen LogP contribution in [0.2, 0.25) is 10.0 Å². The van der Waals surface area contributed by atoms with Gasteiger partial charge in [-0.2, -0.15) is 11.8 Å². The molecule has 1 aromatic carbocycles. The molecule has 0 spiro atoms. The van der Waals surface area contributed by atoms with Gasteiger partial charge in [-0.3, -0.25) is 4.79 Å². The highest BCUT2D eigenvalue weighted by molar-refractivity contribution is 7.98. The van der Waals surface area contributed by atoms with Crippen molar-refractivity contribution >= 4 is 46.8 Å². The molecule has 1 aromatic rings. The summed E-state index contributed by atoms with van der Waals surface area (Å²) in [4.78, 5) is 24.3. The molecule has 1 aliphatic heterocycles. The molecule has 124 valence electrons. The van der Waals surface area contributed by atoms with Crippen molar-refractivity contribution in [1.82, 2.24) is 5.32 Å². The number of amides is 1. The van der Waals surface area contributed by atoms with E-state index < -0.39 is 11.9 Å². The minimum atomic E-state index is -0.435. The summed E-state index contributed by atoms with van der Waals surface area (Å²) in [5, 5.41) is 3.63. The Morgan fingerprint density at radius 1 is 1.43 bits per heavy atom. The molecule has 23 heavy (non-hydrogen) atoms. The van der Waals surface area contributed by atoms with E-state index >= 15 is 0 Å². The number of nitrogens with one attached hydrogen (secondary N) is 1. The summed E-state index contributed by atoms with van der Waals surface area (Å²) in [6, 6.07) is 5.05. The van der Waals surface area contributed by atoms with Crippen LogP contribution in [-0.4, -0.2) is 30.5 Å². The second kappa shape index (κ2) is 8.08. The number of allylic oxidation sites excluding steroid dienone is 1. The van der Waals surface area contributed by atoms with Gasteiger partial charge in [0.05, 0.1) is 5.57 Å². The van der Waals surface area contributed by atoms with Crippen molar-refractivity contribution < 1.29 is 14.3 Å². The first kappa shape index (κ1) is 18.2. The van der Waals surface area contributed by atoms with E-state index in [1.807, 2.05) is 6.26 Å². The van der Waals surface area contributed by atoms with Gasteiger partial charge >= 0.3 is 5.97 Å². The maximum Gasteiger partial charge on any atom is 0.336 e. The predicted octanol–water partition coefficient (Wildman–Crippen LogP) is 3.78. The first-order chi connectivity index (χ1) is 10.9. The van der Waals surface area contributed by atoms with Crippen molar-refractivity contribution in [2.45, 2.75) is 19.3 Å². The van der Waals surface area contributed by atoms with Gasteiger partial charge in [0.15, 0.2) is 0 Å². The zero-order valence-corrected chi connectivity index (χ0v) is 15.1. The summed E-state index contributed by atoms with van der Waals surface area (Å²) in [5.74, 6) is -0.293. The lowest BCUT2D eigenvalue weighted by Gasteiger charge is -2.27. The fourth-order valence-electron chi connectivity index (χ4n) is 2.52. The lowest BCUT2D eigenvalue weighted by atomic mass is 9.84. The van der Waals surface area contributed by atoms with Crippen LogP contribution in [-0.2, 0) is 14.3 Å². The van der Waals surface area contributed by atoms with Crippen LogP contribution < -0.4 is 5.32 Å². The quantitative estimate of drug-likeness (QED) is 0.630. The molecule has 0 fully saturated rings. The third-order valence-corrected chi connectivity index (χ3v) is 4.68. The fourth-order valence-corrected chi connectivity index (χ4v) is 3.31. The maximum absolute atomic E-state index is 12.4. The lowest BCUT2D eigenvalue weighted by molar-refractivity contribution is -0.139. The molecule has 7 heteroatoms. The van der Waals surface area contributed by atoms with E-state index in [0.717, 1.165) is 5.75 Å². The normalized spacial score (nSPS) is 17.9. The van der Waals surface area contributed by atoms with Crippen molar-refractivity contribution in [2.75, 3.05) is 18.6 Å². The minimum absolute atomic E-state index is 0.144. The molecule has 0 aromatic heterocycles. The average molecular weight is 374 g/mol. The van der Waals surface area contributed by atoms with Crippen molar-refractivity contribution in [3.63, 3.8) is 0 Å². The van der Waals surface area contributed by atoms with Gasteiger partial charge < -0.3 is 10.1 Å². The molecule has 2 rings (SSSR count). The van der Waals surface area contributed by atoms with Gasteiger partial charge in [0.25, 0.3) is 0 Å². The second-order valence-electron chi connectivity index (χ2n) is 5.14. The number of rotatable bonds is 5. The van der Waals surface area contributed by atoms with Crippen LogP contribution in [0.25, 0.3) is 0 Å². The summed E-state index contributed by atoms with van der Waals surface area (Å²) in [7, 11) is 0. The molecule has 0 saturated heterocycles. The molecule has 0 bridgehead atoms. The number of ether oxygens (including phenoxy) is 1. The summed E-state index contributed by atoms with van der Waals surface area (Å²) in [6.45, 7) is 2.02. The summed E-state index contributed by atoms with van der Waals surface area (Å²) >= 11 is 13.8. The van der Waals surface area contributed by atoms with Crippen LogP contribution in [0.1, 0.15) is 24.8 Å². The third kappa shape index (κ3) is 4.43. The number of halogens is 2. The van der Waals surface area contributed by atoms with E-state index in [2.05, 4.69) is 5.32 Å². The predicted molar refractivity (Wildman–Crippen MR) is 94.0 cm³/mol. The van der Waals surface area contributed by atoms with Crippen molar-refractivity contribution in [3.8, 4) is 0 Å². The number of carbonyl (C=O) groups excluding carboxylic acids is 2. The van der Waals surface area contributed by atoms with Crippen LogP contribution >= 0.6 is 35.0 Å². The Balaban J connectivity index is 2.36. The lowest BCUT2D eigenvalue weighted by Crippen LogP contribution is -2.34. The molecule has 1 atom stereocenters. The molecule has 0 unspecified atom stereocenters. The molecular weight excluding hydrogens is 357 g/mol. The molecule has 0 saturated carbocycles. The van der Waals surface area contributed by atoms with Gasteiger partial charge in [-0.1, -0.05) is 29.3 Å². The Kier molecular flexibility index (Phi) is 6.39. The number of carbonyl (C=O) groups is 2. The Morgan fingerprint density at radius 2 is 2.17 bits per heavy atom. The van der Waals surface area contributed by atoms with Crippen molar-refractivity contribution in [2.24, 2.45) is 0 Å². The number of hydrogen-bond donors (Lipinski definition) is 1. The molecule has 1 heterocycles. The molecule has 1 aliphatic rings. The Bertz CT molecular complexity index is 661. The van der Waals surface area contributed by atoms with Crippen LogP contribution in [0.3, 0.4) is 0 Å². The standard InChI is InChI=1S/C16H17Cl2NO3S/c1-9-15(16(21)22-5-6-23-2)12(8-14(20)19-9)11-4-3-10(17)7-13(11)18/h3-4,7,12H,5-6,8H2,1-2H3,(H,19,20)/t12-/m0/s1. The first-order valence-electron chi connectivity index (χ1n) is 7.05. The van der Waals surface area contributed by atoms with Crippen LogP contribution in [0.4, 0.5) is 0 Å². The number of hydrogen-bond acceptors (Lipinski definition) is 4. The van der Waals surface area contributed by atoms with E-state index in [1.54, 1.807) is 36.9 Å². The van der Waals surface area contributed by atoms with Crippen LogP contribution in [0.5, 0.6) is 0 Å². The highest BCUT2D eigenvalue weighted by Crippen LogP contribution is 2.38. The Morgan fingerprint density at radius 3 is 2.83 bits per heavy atom. The Labute approximate surface area is 149 Å². The monoisotopic (exact) mass is 373 g/mol.